The summed E-state index contributed by atoms with van der Waals surface area (Å²) in [7, 11) is 1.83. The van der Waals surface area contributed by atoms with Crippen LogP contribution < -0.4 is 5.32 Å². The molecule has 1 atom stereocenters. The van der Waals surface area contributed by atoms with E-state index in [0.29, 0.717) is 38.3 Å². The van der Waals surface area contributed by atoms with Crippen LogP contribution >= 0.6 is 12.4 Å². The molecule has 2 amide bonds. The van der Waals surface area contributed by atoms with Crippen molar-refractivity contribution in [1.82, 2.24) is 15.1 Å². The summed E-state index contributed by atoms with van der Waals surface area (Å²) in [5.41, 5.74) is 0.475. The zero-order valence-electron chi connectivity index (χ0n) is 13.5. The maximum absolute atomic E-state index is 12.4. The second-order valence-electron chi connectivity index (χ2n) is 5.63. The molecule has 0 aromatic heterocycles. The van der Waals surface area contributed by atoms with E-state index < -0.39 is 0 Å². The zero-order valence-corrected chi connectivity index (χ0v) is 14.3. The van der Waals surface area contributed by atoms with Crippen molar-refractivity contribution in [1.29, 1.82) is 0 Å². The maximum atomic E-state index is 12.4. The number of amides is 2. The minimum absolute atomic E-state index is 0. The van der Waals surface area contributed by atoms with E-state index in [2.05, 4.69) is 5.32 Å². The molecule has 1 aromatic carbocycles. The standard InChI is InChI=1S/C16H23N3O3.ClH/c1-12(11-17-2)15(21)18-6-8-19(9-7-18)16(22)13-4-3-5-14(20)10-13;/h3-5,10,12,17,20H,6-9,11H2,1-2H3;1H. The van der Waals surface area contributed by atoms with Crippen LogP contribution in [0.5, 0.6) is 5.75 Å². The Labute approximate surface area is 142 Å². The molecule has 128 valence electrons. The van der Waals surface area contributed by atoms with E-state index in [-0.39, 0.29) is 35.9 Å². The van der Waals surface area contributed by atoms with Crippen molar-refractivity contribution in [3.8, 4) is 5.75 Å². The molecule has 6 nitrogen and oxygen atoms in total. The van der Waals surface area contributed by atoms with E-state index in [1.54, 1.807) is 17.0 Å². The van der Waals surface area contributed by atoms with Crippen LogP contribution in [0.3, 0.4) is 0 Å². The number of nitrogens with one attached hydrogen (secondary N) is 1. The Bertz CT molecular complexity index is 545. The molecule has 0 bridgehead atoms. The number of piperazine rings is 1. The van der Waals surface area contributed by atoms with Gasteiger partial charge >= 0.3 is 0 Å². The lowest BCUT2D eigenvalue weighted by Crippen LogP contribution is -2.52. The fraction of sp³-hybridized carbons (Fsp3) is 0.500. The molecule has 1 unspecified atom stereocenters. The Morgan fingerprint density at radius 2 is 1.83 bits per heavy atom. The van der Waals surface area contributed by atoms with Crippen LogP contribution in [-0.4, -0.2) is 66.5 Å². The van der Waals surface area contributed by atoms with E-state index in [9.17, 15) is 14.7 Å². The number of carbonyl (C=O) groups excluding carboxylic acids is 2. The highest BCUT2D eigenvalue weighted by atomic mass is 35.5. The predicted molar refractivity (Wildman–Crippen MR) is 90.9 cm³/mol. The summed E-state index contributed by atoms with van der Waals surface area (Å²) in [4.78, 5) is 28.1. The first-order valence-electron chi connectivity index (χ1n) is 7.54. The molecule has 2 rings (SSSR count). The Morgan fingerprint density at radius 3 is 2.39 bits per heavy atom. The van der Waals surface area contributed by atoms with Crippen molar-refractivity contribution in [3.05, 3.63) is 29.8 Å². The SMILES string of the molecule is CNCC(C)C(=O)N1CCN(C(=O)c2cccc(O)c2)CC1.Cl. The fourth-order valence-electron chi connectivity index (χ4n) is 2.66. The number of aromatic hydroxyl groups is 1. The van der Waals surface area contributed by atoms with Gasteiger partial charge < -0.3 is 20.2 Å². The highest BCUT2D eigenvalue weighted by Gasteiger charge is 2.27. The summed E-state index contributed by atoms with van der Waals surface area (Å²) in [6.07, 6.45) is 0. The molecule has 1 fully saturated rings. The molecule has 1 aliphatic heterocycles. The van der Waals surface area contributed by atoms with Crippen LogP contribution in [0.25, 0.3) is 0 Å². The topological polar surface area (TPSA) is 72.9 Å². The number of phenols is 1. The largest absolute Gasteiger partial charge is 0.508 e. The van der Waals surface area contributed by atoms with E-state index in [0.717, 1.165) is 0 Å². The molecule has 2 N–H and O–H groups in total. The van der Waals surface area contributed by atoms with Crippen LogP contribution in [-0.2, 0) is 4.79 Å². The van der Waals surface area contributed by atoms with Crippen molar-refractivity contribution >= 4 is 24.2 Å². The molecule has 1 aliphatic rings. The Hall–Kier alpha value is -1.79. The van der Waals surface area contributed by atoms with Gasteiger partial charge in [0, 0.05) is 44.2 Å². The fourth-order valence-corrected chi connectivity index (χ4v) is 2.66. The van der Waals surface area contributed by atoms with Crippen molar-refractivity contribution in [3.63, 3.8) is 0 Å². The third kappa shape index (κ3) is 4.84. The summed E-state index contributed by atoms with van der Waals surface area (Å²) in [5, 5.41) is 12.5. The molecule has 1 aromatic rings. The quantitative estimate of drug-likeness (QED) is 0.855. The first kappa shape index (κ1) is 19.3. The second kappa shape index (κ2) is 8.74. The van der Waals surface area contributed by atoms with Crippen molar-refractivity contribution < 1.29 is 14.7 Å². The number of benzene rings is 1. The number of rotatable bonds is 4. The highest BCUT2D eigenvalue weighted by molar-refractivity contribution is 5.94. The normalized spacial score (nSPS) is 15.7. The van der Waals surface area contributed by atoms with E-state index in [1.807, 2.05) is 18.9 Å². The molecule has 0 aliphatic carbocycles. The van der Waals surface area contributed by atoms with Crippen LogP contribution in [0, 0.1) is 5.92 Å². The molecule has 23 heavy (non-hydrogen) atoms. The molecule has 1 heterocycles. The van der Waals surface area contributed by atoms with Crippen LogP contribution in [0.4, 0.5) is 0 Å². The average molecular weight is 342 g/mol. The summed E-state index contributed by atoms with van der Waals surface area (Å²) in [6, 6.07) is 6.35. The molecule has 0 radical (unpaired) electrons. The van der Waals surface area contributed by atoms with Gasteiger partial charge in [0.25, 0.3) is 5.91 Å². The average Bonchev–Trinajstić information content (AvgIpc) is 2.54. The van der Waals surface area contributed by atoms with E-state index in [4.69, 9.17) is 0 Å². The molecule has 0 saturated carbocycles. The van der Waals surface area contributed by atoms with E-state index in [1.165, 1.54) is 12.1 Å². The summed E-state index contributed by atoms with van der Waals surface area (Å²) in [6.45, 7) is 4.71. The number of phenolic OH excluding ortho intramolecular Hbond substituents is 1. The number of hydrogen-bond acceptors (Lipinski definition) is 4. The first-order valence-corrected chi connectivity index (χ1v) is 7.54. The van der Waals surface area contributed by atoms with Gasteiger partial charge in [-0.15, -0.1) is 12.4 Å². The van der Waals surface area contributed by atoms with Gasteiger partial charge in [0.05, 0.1) is 0 Å². The lowest BCUT2D eigenvalue weighted by Gasteiger charge is -2.36. The van der Waals surface area contributed by atoms with E-state index >= 15 is 0 Å². The van der Waals surface area contributed by atoms with Crippen LogP contribution in [0.1, 0.15) is 17.3 Å². The lowest BCUT2D eigenvalue weighted by atomic mass is 10.1. The van der Waals surface area contributed by atoms with Gasteiger partial charge in [-0.2, -0.15) is 0 Å². The molecule has 0 spiro atoms. The van der Waals surface area contributed by atoms with Crippen molar-refractivity contribution in [2.75, 3.05) is 39.8 Å². The highest BCUT2D eigenvalue weighted by Crippen LogP contribution is 2.15. The number of carbonyl (C=O) groups is 2. The minimum Gasteiger partial charge on any atom is -0.508 e. The predicted octanol–water partition coefficient (Wildman–Crippen LogP) is 0.954. The van der Waals surface area contributed by atoms with Crippen molar-refractivity contribution in [2.24, 2.45) is 5.92 Å². The lowest BCUT2D eigenvalue weighted by molar-refractivity contribution is -0.136. The summed E-state index contributed by atoms with van der Waals surface area (Å²) in [5.74, 6) is 0.0453. The maximum Gasteiger partial charge on any atom is 0.254 e. The van der Waals surface area contributed by atoms with Gasteiger partial charge in [-0.25, -0.2) is 0 Å². The first-order chi connectivity index (χ1) is 10.5. The molecular weight excluding hydrogens is 318 g/mol. The minimum atomic E-state index is -0.105. The van der Waals surface area contributed by atoms with Crippen LogP contribution in [0.2, 0.25) is 0 Å². The Morgan fingerprint density at radius 1 is 1.22 bits per heavy atom. The summed E-state index contributed by atoms with van der Waals surface area (Å²) >= 11 is 0. The molecule has 1 saturated heterocycles. The zero-order chi connectivity index (χ0) is 16.1. The van der Waals surface area contributed by atoms with Gasteiger partial charge in [0.1, 0.15) is 5.75 Å². The number of hydrogen-bond donors (Lipinski definition) is 2. The van der Waals surface area contributed by atoms with Gasteiger partial charge in [-0.05, 0) is 25.2 Å². The monoisotopic (exact) mass is 341 g/mol. The Kier molecular flexibility index (Phi) is 7.32. The molecular formula is C16H24ClN3O3. The van der Waals surface area contributed by atoms with Gasteiger partial charge in [0.2, 0.25) is 5.91 Å². The molecule has 7 heteroatoms. The second-order valence-corrected chi connectivity index (χ2v) is 5.63. The van der Waals surface area contributed by atoms with Gasteiger partial charge in [-0.3, -0.25) is 9.59 Å². The summed E-state index contributed by atoms with van der Waals surface area (Å²) < 4.78 is 0. The van der Waals surface area contributed by atoms with Crippen molar-refractivity contribution in [2.45, 2.75) is 6.92 Å². The van der Waals surface area contributed by atoms with Gasteiger partial charge in [0.15, 0.2) is 0 Å². The number of nitrogens with zero attached hydrogens (tertiary/aromatic N) is 2. The Balaban J connectivity index is 0.00000264. The van der Waals surface area contributed by atoms with Gasteiger partial charge in [-0.1, -0.05) is 13.0 Å². The smallest absolute Gasteiger partial charge is 0.254 e. The third-order valence-corrected chi connectivity index (χ3v) is 3.90. The van der Waals surface area contributed by atoms with Crippen LogP contribution in [0.15, 0.2) is 24.3 Å². The third-order valence-electron chi connectivity index (χ3n) is 3.90. The number of halogens is 1.